The number of ether oxygens (including phenoxy) is 1. The SMILES string of the molecule is CCCCCNS(=O)(=O)c1ccc(OC)c(N)c1. The topological polar surface area (TPSA) is 81.4 Å². The number of methoxy groups -OCH3 is 1. The first-order valence-electron chi connectivity index (χ1n) is 5.94. The molecule has 0 spiro atoms. The summed E-state index contributed by atoms with van der Waals surface area (Å²) < 4.78 is 31.4. The molecule has 3 N–H and O–H groups in total. The first-order valence-corrected chi connectivity index (χ1v) is 7.42. The molecule has 0 aromatic heterocycles. The van der Waals surface area contributed by atoms with Crippen LogP contribution in [0.25, 0.3) is 0 Å². The molecule has 0 bridgehead atoms. The molecule has 6 heteroatoms. The van der Waals surface area contributed by atoms with Gasteiger partial charge in [-0.2, -0.15) is 0 Å². The second-order valence-electron chi connectivity index (χ2n) is 4.01. The predicted molar refractivity (Wildman–Crippen MR) is 72.1 cm³/mol. The third-order valence-corrected chi connectivity index (χ3v) is 4.04. The molecule has 0 fully saturated rings. The predicted octanol–water partition coefficient (Wildman–Crippen LogP) is 1.75. The number of hydrogen-bond acceptors (Lipinski definition) is 4. The molecular weight excluding hydrogens is 252 g/mol. The van der Waals surface area contributed by atoms with Crippen molar-refractivity contribution in [3.8, 4) is 5.75 Å². The second-order valence-corrected chi connectivity index (χ2v) is 5.78. The molecular formula is C12H20N2O3S. The minimum atomic E-state index is -3.47. The maximum absolute atomic E-state index is 11.9. The lowest BCUT2D eigenvalue weighted by molar-refractivity contribution is 0.416. The first kappa shape index (κ1) is 14.8. The number of unbranched alkanes of at least 4 members (excludes halogenated alkanes) is 2. The Morgan fingerprint density at radius 1 is 1.33 bits per heavy atom. The molecule has 102 valence electrons. The van der Waals surface area contributed by atoms with Crippen LogP contribution in [0.3, 0.4) is 0 Å². The van der Waals surface area contributed by atoms with Crippen LogP contribution in [-0.2, 0) is 10.0 Å². The molecule has 1 rings (SSSR count). The van der Waals surface area contributed by atoms with Crippen LogP contribution in [0.4, 0.5) is 5.69 Å². The van der Waals surface area contributed by atoms with Gasteiger partial charge in [0.2, 0.25) is 10.0 Å². The number of benzene rings is 1. The summed E-state index contributed by atoms with van der Waals surface area (Å²) in [5.74, 6) is 0.472. The van der Waals surface area contributed by atoms with Gasteiger partial charge in [-0.3, -0.25) is 0 Å². The molecule has 0 heterocycles. The molecule has 0 aliphatic rings. The quantitative estimate of drug-likeness (QED) is 0.585. The Morgan fingerprint density at radius 3 is 2.61 bits per heavy atom. The van der Waals surface area contributed by atoms with Gasteiger partial charge >= 0.3 is 0 Å². The van der Waals surface area contributed by atoms with Crippen LogP contribution in [0.2, 0.25) is 0 Å². The van der Waals surface area contributed by atoms with E-state index in [1.54, 1.807) is 6.07 Å². The molecule has 5 nitrogen and oxygen atoms in total. The molecule has 18 heavy (non-hydrogen) atoms. The van der Waals surface area contributed by atoms with Gasteiger partial charge < -0.3 is 10.5 Å². The van der Waals surface area contributed by atoms with E-state index in [0.29, 0.717) is 18.0 Å². The minimum Gasteiger partial charge on any atom is -0.495 e. The Morgan fingerprint density at radius 2 is 2.06 bits per heavy atom. The standard InChI is InChI=1S/C12H20N2O3S/c1-3-4-5-8-14-18(15,16)10-6-7-12(17-2)11(13)9-10/h6-7,9,14H,3-5,8,13H2,1-2H3. The van der Waals surface area contributed by atoms with Gasteiger partial charge in [-0.1, -0.05) is 19.8 Å². The van der Waals surface area contributed by atoms with E-state index < -0.39 is 10.0 Å². The Labute approximate surface area is 108 Å². The van der Waals surface area contributed by atoms with E-state index in [1.807, 2.05) is 0 Å². The highest BCUT2D eigenvalue weighted by Crippen LogP contribution is 2.24. The zero-order valence-electron chi connectivity index (χ0n) is 10.8. The number of anilines is 1. The van der Waals surface area contributed by atoms with Gasteiger partial charge in [-0.05, 0) is 24.6 Å². The molecule has 0 atom stereocenters. The van der Waals surface area contributed by atoms with Crippen molar-refractivity contribution in [3.63, 3.8) is 0 Å². The van der Waals surface area contributed by atoms with Crippen molar-refractivity contribution in [2.24, 2.45) is 0 Å². The number of rotatable bonds is 7. The van der Waals surface area contributed by atoms with Gasteiger partial charge in [0.05, 0.1) is 17.7 Å². The van der Waals surface area contributed by atoms with E-state index in [9.17, 15) is 8.42 Å². The Kier molecular flexibility index (Phi) is 5.43. The summed E-state index contributed by atoms with van der Waals surface area (Å²) in [7, 11) is -1.98. The van der Waals surface area contributed by atoms with Crippen molar-refractivity contribution in [1.29, 1.82) is 0 Å². The molecule has 0 amide bonds. The highest BCUT2D eigenvalue weighted by Gasteiger charge is 2.14. The van der Waals surface area contributed by atoms with Crippen LogP contribution < -0.4 is 15.2 Å². The van der Waals surface area contributed by atoms with Crippen LogP contribution in [0.15, 0.2) is 23.1 Å². The number of nitrogen functional groups attached to an aromatic ring is 1. The summed E-state index contributed by atoms with van der Waals surface area (Å²) in [5, 5.41) is 0. The van der Waals surface area contributed by atoms with E-state index in [0.717, 1.165) is 19.3 Å². The average Bonchev–Trinajstić information content (AvgIpc) is 2.34. The minimum absolute atomic E-state index is 0.164. The van der Waals surface area contributed by atoms with E-state index in [2.05, 4.69) is 11.6 Å². The third-order valence-electron chi connectivity index (χ3n) is 2.58. The largest absolute Gasteiger partial charge is 0.495 e. The van der Waals surface area contributed by atoms with Crippen LogP contribution in [0.5, 0.6) is 5.75 Å². The van der Waals surface area contributed by atoms with Crippen LogP contribution in [0.1, 0.15) is 26.2 Å². The van der Waals surface area contributed by atoms with Gasteiger partial charge in [0.15, 0.2) is 0 Å². The van der Waals surface area contributed by atoms with Crippen molar-refractivity contribution < 1.29 is 13.2 Å². The number of nitrogens with one attached hydrogen (secondary N) is 1. The van der Waals surface area contributed by atoms with Crippen molar-refractivity contribution in [2.75, 3.05) is 19.4 Å². The van der Waals surface area contributed by atoms with Gasteiger partial charge in [-0.25, -0.2) is 13.1 Å². The zero-order chi connectivity index (χ0) is 13.6. The summed E-state index contributed by atoms with van der Waals surface area (Å²) in [6, 6.07) is 4.44. The number of nitrogens with two attached hydrogens (primary N) is 1. The smallest absolute Gasteiger partial charge is 0.240 e. The molecule has 0 unspecified atom stereocenters. The zero-order valence-corrected chi connectivity index (χ0v) is 11.6. The summed E-state index contributed by atoms with van der Waals surface area (Å²) in [4.78, 5) is 0.164. The molecule has 0 saturated heterocycles. The van der Waals surface area contributed by atoms with E-state index in [-0.39, 0.29) is 4.90 Å². The van der Waals surface area contributed by atoms with Crippen LogP contribution >= 0.6 is 0 Å². The Bertz CT molecular complexity index is 486. The van der Waals surface area contributed by atoms with Gasteiger partial charge in [0.1, 0.15) is 5.75 Å². The molecule has 0 aliphatic heterocycles. The van der Waals surface area contributed by atoms with Crippen molar-refractivity contribution >= 4 is 15.7 Å². The maximum Gasteiger partial charge on any atom is 0.240 e. The number of hydrogen-bond donors (Lipinski definition) is 2. The summed E-state index contributed by atoms with van der Waals surface area (Å²) in [5.41, 5.74) is 6.00. The summed E-state index contributed by atoms with van der Waals surface area (Å²) >= 11 is 0. The van der Waals surface area contributed by atoms with Gasteiger partial charge in [0.25, 0.3) is 0 Å². The van der Waals surface area contributed by atoms with Gasteiger partial charge in [0, 0.05) is 6.54 Å². The maximum atomic E-state index is 11.9. The molecule has 1 aromatic carbocycles. The Balaban J connectivity index is 2.76. The molecule has 0 radical (unpaired) electrons. The third kappa shape index (κ3) is 3.89. The van der Waals surface area contributed by atoms with E-state index in [4.69, 9.17) is 10.5 Å². The summed E-state index contributed by atoms with van der Waals surface area (Å²) in [6.07, 6.45) is 2.89. The highest BCUT2D eigenvalue weighted by atomic mass is 32.2. The van der Waals surface area contributed by atoms with Crippen molar-refractivity contribution in [3.05, 3.63) is 18.2 Å². The average molecular weight is 272 g/mol. The van der Waals surface area contributed by atoms with E-state index in [1.165, 1.54) is 19.2 Å². The Hall–Kier alpha value is -1.27. The first-order chi connectivity index (χ1) is 8.51. The molecule has 0 aliphatic carbocycles. The van der Waals surface area contributed by atoms with Crippen molar-refractivity contribution in [1.82, 2.24) is 4.72 Å². The lowest BCUT2D eigenvalue weighted by atomic mass is 10.3. The fourth-order valence-electron chi connectivity index (χ4n) is 1.54. The van der Waals surface area contributed by atoms with Gasteiger partial charge in [-0.15, -0.1) is 0 Å². The van der Waals surface area contributed by atoms with E-state index >= 15 is 0 Å². The lowest BCUT2D eigenvalue weighted by Gasteiger charge is -2.09. The molecule has 1 aromatic rings. The fourth-order valence-corrected chi connectivity index (χ4v) is 2.65. The normalized spacial score (nSPS) is 11.4. The highest BCUT2D eigenvalue weighted by molar-refractivity contribution is 7.89. The monoisotopic (exact) mass is 272 g/mol. The second kappa shape index (κ2) is 6.61. The fraction of sp³-hybridized carbons (Fsp3) is 0.500. The molecule has 0 saturated carbocycles. The van der Waals surface area contributed by atoms with Crippen molar-refractivity contribution in [2.45, 2.75) is 31.1 Å². The lowest BCUT2D eigenvalue weighted by Crippen LogP contribution is -2.24. The van der Waals surface area contributed by atoms with Crippen LogP contribution in [0, 0.1) is 0 Å². The summed E-state index contributed by atoms with van der Waals surface area (Å²) in [6.45, 7) is 2.51. The number of sulfonamides is 1. The van der Waals surface area contributed by atoms with Crippen LogP contribution in [-0.4, -0.2) is 22.1 Å².